The van der Waals surface area contributed by atoms with Gasteiger partial charge in [-0.25, -0.2) is 9.97 Å². The van der Waals surface area contributed by atoms with Crippen molar-refractivity contribution < 1.29 is 9.53 Å². The number of unbranched alkanes of at least 4 members (excludes halogenated alkanes) is 2. The van der Waals surface area contributed by atoms with Gasteiger partial charge in [0.25, 0.3) is 5.91 Å². The van der Waals surface area contributed by atoms with Crippen molar-refractivity contribution in [1.82, 2.24) is 20.2 Å². The van der Waals surface area contributed by atoms with Crippen LogP contribution in [-0.4, -0.2) is 66.7 Å². The van der Waals surface area contributed by atoms with E-state index in [4.69, 9.17) is 4.74 Å². The fraction of sp³-hybridized carbons (Fsp3) is 0.688. The first kappa shape index (κ1) is 17.6. The molecule has 1 aromatic heterocycles. The van der Waals surface area contributed by atoms with Crippen LogP contribution in [0.1, 0.15) is 36.5 Å². The number of carbonyl (C=O) groups is 1. The average Bonchev–Trinajstić information content (AvgIpc) is 2.60. The van der Waals surface area contributed by atoms with Crippen molar-refractivity contribution in [2.45, 2.75) is 26.2 Å². The van der Waals surface area contributed by atoms with E-state index >= 15 is 0 Å². The number of nitrogens with one attached hydrogen (secondary N) is 2. The Morgan fingerprint density at radius 3 is 2.65 bits per heavy atom. The lowest BCUT2D eigenvalue weighted by Crippen LogP contribution is -2.41. The summed E-state index contributed by atoms with van der Waals surface area (Å²) in [7, 11) is 0. The highest BCUT2D eigenvalue weighted by atomic mass is 16.5. The van der Waals surface area contributed by atoms with E-state index in [-0.39, 0.29) is 5.91 Å². The van der Waals surface area contributed by atoms with E-state index in [0.29, 0.717) is 18.1 Å². The third-order valence-corrected chi connectivity index (χ3v) is 3.79. The second kappa shape index (κ2) is 10.1. The zero-order chi connectivity index (χ0) is 16.3. The van der Waals surface area contributed by atoms with Gasteiger partial charge in [0.15, 0.2) is 0 Å². The molecule has 0 saturated carbocycles. The molecule has 1 amide bonds. The second-order valence-corrected chi connectivity index (χ2v) is 5.64. The number of amides is 1. The van der Waals surface area contributed by atoms with Gasteiger partial charge < -0.3 is 15.4 Å². The maximum Gasteiger partial charge on any atom is 0.254 e. The number of hydrogen-bond donors (Lipinski definition) is 2. The van der Waals surface area contributed by atoms with Gasteiger partial charge in [0.1, 0.15) is 0 Å². The van der Waals surface area contributed by atoms with Crippen LogP contribution in [0.25, 0.3) is 0 Å². The van der Waals surface area contributed by atoms with Crippen molar-refractivity contribution in [3.8, 4) is 0 Å². The molecule has 23 heavy (non-hydrogen) atoms. The maximum absolute atomic E-state index is 12.0. The zero-order valence-corrected chi connectivity index (χ0v) is 13.9. The maximum atomic E-state index is 12.0. The Labute approximate surface area is 137 Å². The first-order valence-corrected chi connectivity index (χ1v) is 8.44. The van der Waals surface area contributed by atoms with Crippen molar-refractivity contribution in [2.24, 2.45) is 0 Å². The van der Waals surface area contributed by atoms with Crippen molar-refractivity contribution in [2.75, 3.05) is 51.3 Å². The number of ether oxygens (including phenoxy) is 1. The molecule has 1 aromatic rings. The van der Waals surface area contributed by atoms with Gasteiger partial charge in [0.2, 0.25) is 5.95 Å². The summed E-state index contributed by atoms with van der Waals surface area (Å²) in [6.45, 7) is 7.89. The van der Waals surface area contributed by atoms with E-state index in [0.717, 1.165) is 45.8 Å². The monoisotopic (exact) mass is 321 g/mol. The van der Waals surface area contributed by atoms with E-state index in [9.17, 15) is 4.79 Å². The van der Waals surface area contributed by atoms with Gasteiger partial charge in [-0.15, -0.1) is 0 Å². The number of hydrogen-bond acceptors (Lipinski definition) is 6. The summed E-state index contributed by atoms with van der Waals surface area (Å²) in [5.41, 5.74) is 0.492. The number of aromatic nitrogens is 2. The molecule has 2 heterocycles. The Kier molecular flexibility index (Phi) is 7.75. The molecule has 0 radical (unpaired) electrons. The molecule has 7 nitrogen and oxygen atoms in total. The molecule has 0 aromatic carbocycles. The SMILES string of the molecule is CCCCCNc1ncc(C(=O)NCCN2CCOCC2)cn1. The molecular weight excluding hydrogens is 294 g/mol. The van der Waals surface area contributed by atoms with E-state index in [1.165, 1.54) is 12.8 Å². The minimum atomic E-state index is -0.129. The Balaban J connectivity index is 1.67. The summed E-state index contributed by atoms with van der Waals surface area (Å²) < 4.78 is 5.30. The molecule has 0 spiro atoms. The lowest BCUT2D eigenvalue weighted by atomic mass is 10.2. The lowest BCUT2D eigenvalue weighted by Gasteiger charge is -2.26. The number of anilines is 1. The quantitative estimate of drug-likeness (QED) is 0.664. The highest BCUT2D eigenvalue weighted by molar-refractivity contribution is 5.93. The first-order chi connectivity index (χ1) is 11.3. The van der Waals surface area contributed by atoms with E-state index < -0.39 is 0 Å². The summed E-state index contributed by atoms with van der Waals surface area (Å²) >= 11 is 0. The molecule has 0 aliphatic carbocycles. The molecule has 7 heteroatoms. The predicted octanol–water partition coefficient (Wildman–Crippen LogP) is 1.14. The van der Waals surface area contributed by atoms with Crippen LogP contribution in [-0.2, 0) is 4.74 Å². The Morgan fingerprint density at radius 2 is 1.96 bits per heavy atom. The Morgan fingerprint density at radius 1 is 1.22 bits per heavy atom. The van der Waals surface area contributed by atoms with Crippen LogP contribution in [0.3, 0.4) is 0 Å². The van der Waals surface area contributed by atoms with E-state index in [1.807, 2.05) is 0 Å². The smallest absolute Gasteiger partial charge is 0.254 e. The highest BCUT2D eigenvalue weighted by Crippen LogP contribution is 2.02. The Hall–Kier alpha value is -1.73. The van der Waals surface area contributed by atoms with Gasteiger partial charge in [-0.2, -0.15) is 0 Å². The van der Waals surface area contributed by atoms with E-state index in [2.05, 4.69) is 32.4 Å². The van der Waals surface area contributed by atoms with Gasteiger partial charge >= 0.3 is 0 Å². The van der Waals surface area contributed by atoms with Crippen molar-refractivity contribution in [3.63, 3.8) is 0 Å². The number of morpholine rings is 1. The second-order valence-electron chi connectivity index (χ2n) is 5.64. The average molecular weight is 321 g/mol. The molecule has 1 aliphatic rings. The van der Waals surface area contributed by atoms with Crippen LogP contribution >= 0.6 is 0 Å². The minimum Gasteiger partial charge on any atom is -0.379 e. The van der Waals surface area contributed by atoms with Gasteiger partial charge in [-0.3, -0.25) is 9.69 Å². The zero-order valence-electron chi connectivity index (χ0n) is 13.9. The molecule has 128 valence electrons. The molecule has 1 fully saturated rings. The van der Waals surface area contributed by atoms with Crippen LogP contribution in [0.2, 0.25) is 0 Å². The summed E-state index contributed by atoms with van der Waals surface area (Å²) in [5, 5.41) is 6.06. The Bertz CT molecular complexity index is 460. The summed E-state index contributed by atoms with van der Waals surface area (Å²) in [6, 6.07) is 0. The topological polar surface area (TPSA) is 79.4 Å². The lowest BCUT2D eigenvalue weighted by molar-refractivity contribution is 0.0383. The van der Waals surface area contributed by atoms with Crippen LogP contribution < -0.4 is 10.6 Å². The third-order valence-electron chi connectivity index (χ3n) is 3.79. The fourth-order valence-electron chi connectivity index (χ4n) is 2.37. The third kappa shape index (κ3) is 6.50. The molecule has 1 saturated heterocycles. The predicted molar refractivity (Wildman–Crippen MR) is 89.6 cm³/mol. The molecule has 2 rings (SSSR count). The van der Waals surface area contributed by atoms with Crippen LogP contribution in [0.15, 0.2) is 12.4 Å². The van der Waals surface area contributed by atoms with Crippen LogP contribution in [0.4, 0.5) is 5.95 Å². The molecule has 2 N–H and O–H groups in total. The minimum absolute atomic E-state index is 0.129. The number of carbonyl (C=O) groups excluding carboxylic acids is 1. The number of nitrogens with zero attached hydrogens (tertiary/aromatic N) is 3. The largest absolute Gasteiger partial charge is 0.379 e. The van der Waals surface area contributed by atoms with Crippen molar-refractivity contribution >= 4 is 11.9 Å². The number of rotatable bonds is 9. The summed E-state index contributed by atoms with van der Waals surface area (Å²) in [5.74, 6) is 0.446. The molecule has 0 unspecified atom stereocenters. The molecule has 0 bridgehead atoms. The van der Waals surface area contributed by atoms with Gasteiger partial charge in [0, 0.05) is 45.1 Å². The van der Waals surface area contributed by atoms with Gasteiger partial charge in [0.05, 0.1) is 18.8 Å². The van der Waals surface area contributed by atoms with Crippen LogP contribution in [0, 0.1) is 0 Å². The fourth-order valence-corrected chi connectivity index (χ4v) is 2.37. The summed E-state index contributed by atoms with van der Waals surface area (Å²) in [6.07, 6.45) is 6.62. The van der Waals surface area contributed by atoms with Crippen molar-refractivity contribution in [1.29, 1.82) is 0 Å². The van der Waals surface area contributed by atoms with Crippen LogP contribution in [0.5, 0.6) is 0 Å². The summed E-state index contributed by atoms with van der Waals surface area (Å²) in [4.78, 5) is 22.7. The van der Waals surface area contributed by atoms with Gasteiger partial charge in [-0.05, 0) is 6.42 Å². The van der Waals surface area contributed by atoms with E-state index in [1.54, 1.807) is 12.4 Å². The molecule has 0 atom stereocenters. The molecular formula is C16H27N5O2. The van der Waals surface area contributed by atoms with Crippen molar-refractivity contribution in [3.05, 3.63) is 18.0 Å². The van der Waals surface area contributed by atoms with Gasteiger partial charge in [-0.1, -0.05) is 19.8 Å². The molecule has 1 aliphatic heterocycles. The first-order valence-electron chi connectivity index (χ1n) is 8.44. The normalized spacial score (nSPS) is 15.3. The highest BCUT2D eigenvalue weighted by Gasteiger charge is 2.11. The standard InChI is InChI=1S/C16H27N5O2/c1-2-3-4-5-18-16-19-12-14(13-20-16)15(22)17-6-7-21-8-10-23-11-9-21/h12-13H,2-11H2,1H3,(H,17,22)(H,18,19,20).